The number of amidine groups is 1. The summed E-state index contributed by atoms with van der Waals surface area (Å²) >= 11 is 13.9. The number of halogens is 2. The fourth-order valence-corrected chi connectivity index (χ4v) is 3.65. The van der Waals surface area contributed by atoms with Crippen LogP contribution in [-0.4, -0.2) is 17.4 Å². The summed E-state index contributed by atoms with van der Waals surface area (Å²) in [4.78, 5) is 5.44. The molecule has 22 heavy (non-hydrogen) atoms. The molecule has 0 amide bonds. The molecule has 0 saturated heterocycles. The number of hydrazine groups is 1. The zero-order valence-electron chi connectivity index (χ0n) is 11.5. The van der Waals surface area contributed by atoms with Crippen LogP contribution < -0.4 is 11.6 Å². The molecule has 1 unspecified atom stereocenters. The molecule has 4 nitrogen and oxygen atoms in total. The van der Waals surface area contributed by atoms with Crippen LogP contribution in [0.1, 0.15) is 16.5 Å². The number of hydrogen-bond donors (Lipinski definition) is 2. The second kappa shape index (κ2) is 6.40. The minimum atomic E-state index is -0.260. The smallest absolute Gasteiger partial charge is 0.160 e. The average molecular weight is 353 g/mol. The number of hydrogen-bond acceptors (Lipinski definition) is 5. The molecule has 1 aliphatic heterocycles. The summed E-state index contributed by atoms with van der Waals surface area (Å²) in [6.45, 7) is 0.346. The van der Waals surface area contributed by atoms with E-state index in [-0.39, 0.29) is 6.04 Å². The maximum atomic E-state index is 6.35. The molecule has 2 heterocycles. The van der Waals surface area contributed by atoms with E-state index in [1.54, 1.807) is 34.7 Å². The molecule has 0 saturated carbocycles. The molecule has 0 spiro atoms. The van der Waals surface area contributed by atoms with Crippen molar-refractivity contribution in [3.63, 3.8) is 0 Å². The molecule has 1 aromatic heterocycles. The first kappa shape index (κ1) is 15.5. The lowest BCUT2D eigenvalue weighted by Crippen LogP contribution is -2.44. The van der Waals surface area contributed by atoms with Gasteiger partial charge in [-0.25, -0.2) is 10.8 Å². The van der Waals surface area contributed by atoms with E-state index in [0.29, 0.717) is 22.4 Å². The Balaban J connectivity index is 2.06. The van der Waals surface area contributed by atoms with Crippen molar-refractivity contribution in [2.45, 2.75) is 6.04 Å². The Bertz CT molecular complexity index is 740. The van der Waals surface area contributed by atoms with Crippen molar-refractivity contribution in [3.05, 3.63) is 68.0 Å². The summed E-state index contributed by atoms with van der Waals surface area (Å²) < 4.78 is 0. The summed E-state index contributed by atoms with van der Waals surface area (Å²) in [6.07, 6.45) is 1.77. The highest BCUT2D eigenvalue weighted by Crippen LogP contribution is 2.36. The van der Waals surface area contributed by atoms with Gasteiger partial charge in [-0.1, -0.05) is 35.3 Å². The van der Waals surface area contributed by atoms with Gasteiger partial charge in [-0.15, -0.1) is 11.3 Å². The number of thiophene rings is 1. The number of benzene rings is 1. The van der Waals surface area contributed by atoms with Crippen molar-refractivity contribution >= 4 is 40.4 Å². The molecule has 2 aromatic rings. The monoisotopic (exact) mass is 352 g/mol. The molecule has 7 heteroatoms. The van der Waals surface area contributed by atoms with Crippen molar-refractivity contribution in [1.82, 2.24) is 5.01 Å². The summed E-state index contributed by atoms with van der Waals surface area (Å²) in [7, 11) is 0. The van der Waals surface area contributed by atoms with E-state index >= 15 is 0 Å². The summed E-state index contributed by atoms with van der Waals surface area (Å²) in [6, 6.07) is 9.05. The molecular formula is C15H14Cl2N4S. The second-order valence-corrected chi connectivity index (χ2v) is 6.61. The molecule has 1 aromatic carbocycles. The van der Waals surface area contributed by atoms with Crippen LogP contribution in [0.5, 0.6) is 0 Å². The van der Waals surface area contributed by atoms with Gasteiger partial charge in [0.1, 0.15) is 0 Å². The molecule has 114 valence electrons. The van der Waals surface area contributed by atoms with E-state index in [4.69, 9.17) is 34.8 Å². The molecule has 1 atom stereocenters. The normalized spacial score (nSPS) is 18.2. The Morgan fingerprint density at radius 1 is 1.27 bits per heavy atom. The Labute approximate surface area is 142 Å². The Hall–Kier alpha value is -1.37. The van der Waals surface area contributed by atoms with Gasteiger partial charge in [-0.2, -0.15) is 0 Å². The van der Waals surface area contributed by atoms with Crippen molar-refractivity contribution < 1.29 is 0 Å². The Morgan fingerprint density at radius 3 is 2.73 bits per heavy atom. The predicted molar refractivity (Wildman–Crippen MR) is 93.2 cm³/mol. The molecule has 0 fully saturated rings. The largest absolute Gasteiger partial charge is 0.327 e. The predicted octanol–water partition coefficient (Wildman–Crippen LogP) is 3.57. The van der Waals surface area contributed by atoms with Crippen LogP contribution in [0.4, 0.5) is 0 Å². The van der Waals surface area contributed by atoms with Gasteiger partial charge in [0.2, 0.25) is 0 Å². The zero-order valence-corrected chi connectivity index (χ0v) is 13.9. The minimum absolute atomic E-state index is 0.260. The lowest BCUT2D eigenvalue weighted by molar-refractivity contribution is 0.358. The van der Waals surface area contributed by atoms with Crippen molar-refractivity contribution in [1.29, 1.82) is 0 Å². The average Bonchev–Trinajstić information content (AvgIpc) is 3.02. The molecule has 0 aliphatic carbocycles. The van der Waals surface area contributed by atoms with Gasteiger partial charge in [-0.05, 0) is 34.7 Å². The first-order chi connectivity index (χ1) is 10.6. The Morgan fingerprint density at radius 2 is 2.09 bits per heavy atom. The molecule has 1 aliphatic rings. The molecule has 0 bridgehead atoms. The van der Waals surface area contributed by atoms with Gasteiger partial charge < -0.3 is 5.73 Å². The van der Waals surface area contributed by atoms with Crippen LogP contribution >= 0.6 is 34.5 Å². The molecule has 0 radical (unpaired) electrons. The molecular weight excluding hydrogens is 339 g/mol. The third-order valence-electron chi connectivity index (χ3n) is 3.46. The van der Waals surface area contributed by atoms with E-state index in [9.17, 15) is 0 Å². The van der Waals surface area contributed by atoms with Crippen molar-refractivity contribution in [3.8, 4) is 0 Å². The van der Waals surface area contributed by atoms with Crippen molar-refractivity contribution in [2.24, 2.45) is 16.6 Å². The van der Waals surface area contributed by atoms with Gasteiger partial charge in [-0.3, -0.25) is 5.01 Å². The first-order valence-electron chi connectivity index (χ1n) is 6.61. The van der Waals surface area contributed by atoms with Crippen LogP contribution in [-0.2, 0) is 0 Å². The lowest BCUT2D eigenvalue weighted by Gasteiger charge is -2.34. The molecule has 3 rings (SSSR count). The third-order valence-corrected chi connectivity index (χ3v) is 4.89. The van der Waals surface area contributed by atoms with Crippen LogP contribution in [0, 0.1) is 0 Å². The standard InChI is InChI=1S/C15H14Cl2N4S/c16-10-3-4-11(12(17)6-10)14-9(7-18)8-20-15(21(14)19)13-2-1-5-22-13/h1-6,8,14H,7,18-19H2. The fraction of sp³-hybridized carbons (Fsp3) is 0.133. The SMILES string of the molecule is NCC1=CN=C(c2cccs2)N(N)C1c1ccc(Cl)cc1Cl. The lowest BCUT2D eigenvalue weighted by atomic mass is 9.97. The van der Waals surface area contributed by atoms with Crippen LogP contribution in [0.2, 0.25) is 10.0 Å². The highest BCUT2D eigenvalue weighted by atomic mass is 35.5. The van der Waals surface area contributed by atoms with Crippen LogP contribution in [0.25, 0.3) is 0 Å². The van der Waals surface area contributed by atoms with E-state index in [2.05, 4.69) is 4.99 Å². The van der Waals surface area contributed by atoms with Gasteiger partial charge >= 0.3 is 0 Å². The van der Waals surface area contributed by atoms with E-state index in [1.807, 2.05) is 23.6 Å². The topological polar surface area (TPSA) is 67.6 Å². The number of nitrogens with zero attached hydrogens (tertiary/aromatic N) is 2. The van der Waals surface area contributed by atoms with Gasteiger partial charge in [0, 0.05) is 22.8 Å². The quantitative estimate of drug-likeness (QED) is 0.829. The maximum Gasteiger partial charge on any atom is 0.160 e. The minimum Gasteiger partial charge on any atom is -0.327 e. The Kier molecular flexibility index (Phi) is 4.52. The van der Waals surface area contributed by atoms with Gasteiger partial charge in [0.15, 0.2) is 5.84 Å². The van der Waals surface area contributed by atoms with Gasteiger partial charge in [0.05, 0.1) is 10.9 Å². The number of nitrogens with two attached hydrogens (primary N) is 2. The van der Waals surface area contributed by atoms with Crippen molar-refractivity contribution in [2.75, 3.05) is 6.54 Å². The summed E-state index contributed by atoms with van der Waals surface area (Å²) in [5, 5.41) is 4.74. The van der Waals surface area contributed by atoms with E-state index < -0.39 is 0 Å². The third kappa shape index (κ3) is 2.78. The van der Waals surface area contributed by atoms with E-state index in [0.717, 1.165) is 16.0 Å². The van der Waals surface area contributed by atoms with E-state index in [1.165, 1.54) is 0 Å². The first-order valence-corrected chi connectivity index (χ1v) is 8.25. The van der Waals surface area contributed by atoms with Gasteiger partial charge in [0.25, 0.3) is 0 Å². The van der Waals surface area contributed by atoms with Crippen LogP contribution in [0.3, 0.4) is 0 Å². The summed E-state index contributed by atoms with van der Waals surface area (Å²) in [5.74, 6) is 7.04. The maximum absolute atomic E-state index is 6.35. The zero-order chi connectivity index (χ0) is 15.7. The number of rotatable bonds is 3. The highest BCUT2D eigenvalue weighted by molar-refractivity contribution is 7.12. The fourth-order valence-electron chi connectivity index (χ4n) is 2.42. The molecule has 4 N–H and O–H groups in total. The second-order valence-electron chi connectivity index (χ2n) is 4.81. The number of aliphatic imine (C=N–C) groups is 1. The summed E-state index contributed by atoms with van der Waals surface area (Å²) in [5.41, 5.74) is 7.60. The highest BCUT2D eigenvalue weighted by Gasteiger charge is 2.30. The van der Waals surface area contributed by atoms with Crippen LogP contribution in [0.15, 0.2) is 52.5 Å².